The van der Waals surface area contributed by atoms with Crippen molar-refractivity contribution in [2.24, 2.45) is 11.1 Å². The molecule has 0 fully saturated rings. The molecular formula is C24H27N3O2. The van der Waals surface area contributed by atoms with Crippen LogP contribution in [0, 0.1) is 24.2 Å². The summed E-state index contributed by atoms with van der Waals surface area (Å²) in [5.41, 5.74) is 10.6. The molecule has 0 aliphatic heterocycles. The molecule has 4 rings (SSSR count). The van der Waals surface area contributed by atoms with Crippen LogP contribution in [0.1, 0.15) is 71.5 Å². The van der Waals surface area contributed by atoms with Crippen molar-refractivity contribution in [3.63, 3.8) is 0 Å². The second-order valence-electron chi connectivity index (χ2n) is 8.98. The number of nitrogens with one attached hydrogen (secondary N) is 1. The second kappa shape index (κ2) is 7.11. The molecule has 5 heteroatoms. The van der Waals surface area contributed by atoms with Crippen molar-refractivity contribution in [1.29, 1.82) is 0 Å². The average molecular weight is 389 g/mol. The van der Waals surface area contributed by atoms with Gasteiger partial charge in [0.2, 0.25) is 0 Å². The number of anilines is 1. The van der Waals surface area contributed by atoms with Crippen molar-refractivity contribution >= 4 is 17.4 Å². The number of hydrogen-bond donors (Lipinski definition) is 2. The van der Waals surface area contributed by atoms with Crippen LogP contribution in [0.3, 0.4) is 0 Å². The maximum absolute atomic E-state index is 12.7. The highest BCUT2D eigenvalue weighted by molar-refractivity contribution is 6.01. The van der Waals surface area contributed by atoms with Crippen LogP contribution in [0.4, 0.5) is 5.69 Å². The highest BCUT2D eigenvalue weighted by atomic mass is 16.1. The number of nitrogens with zero attached hydrogens (tertiary/aromatic N) is 1. The number of Topliss-reactive ketones (excluding diaryl/α,β-unsaturated/α-hetero) is 1. The van der Waals surface area contributed by atoms with Crippen LogP contribution in [0.15, 0.2) is 24.4 Å². The summed E-state index contributed by atoms with van der Waals surface area (Å²) in [5.74, 6) is 6.00. The van der Waals surface area contributed by atoms with Crippen molar-refractivity contribution in [2.75, 3.05) is 5.32 Å². The van der Waals surface area contributed by atoms with Crippen LogP contribution < -0.4 is 11.1 Å². The van der Waals surface area contributed by atoms with Crippen LogP contribution in [0.5, 0.6) is 0 Å². The van der Waals surface area contributed by atoms with Gasteiger partial charge in [-0.25, -0.2) is 0 Å². The van der Waals surface area contributed by atoms with Gasteiger partial charge in [0.25, 0.3) is 5.91 Å². The van der Waals surface area contributed by atoms with Gasteiger partial charge >= 0.3 is 0 Å². The summed E-state index contributed by atoms with van der Waals surface area (Å²) in [5, 5.41) is 3.47. The minimum absolute atomic E-state index is 0.0678. The molecule has 2 aromatic rings. The van der Waals surface area contributed by atoms with Gasteiger partial charge in [-0.2, -0.15) is 0 Å². The first-order valence-electron chi connectivity index (χ1n) is 10.2. The van der Waals surface area contributed by atoms with Crippen molar-refractivity contribution in [2.45, 2.75) is 58.9 Å². The Kier molecular flexibility index (Phi) is 4.74. The zero-order valence-corrected chi connectivity index (χ0v) is 17.3. The van der Waals surface area contributed by atoms with Gasteiger partial charge in [0.05, 0.1) is 5.56 Å². The predicted octanol–water partition coefficient (Wildman–Crippen LogP) is 4.01. The van der Waals surface area contributed by atoms with Crippen LogP contribution >= 0.6 is 0 Å². The van der Waals surface area contributed by atoms with E-state index >= 15 is 0 Å². The quantitative estimate of drug-likeness (QED) is 0.776. The molecule has 1 atom stereocenters. The number of carbonyl (C=O) groups excluding carboxylic acids is 2. The molecule has 0 saturated carbocycles. The summed E-state index contributed by atoms with van der Waals surface area (Å²) >= 11 is 0. The Hall–Kier alpha value is -3.00. The average Bonchev–Trinajstić information content (AvgIpc) is 2.97. The molecule has 1 amide bonds. The molecule has 1 aromatic heterocycles. The molecule has 1 heterocycles. The maximum Gasteiger partial charge on any atom is 0.250 e. The summed E-state index contributed by atoms with van der Waals surface area (Å²) < 4.78 is 2.10. The van der Waals surface area contributed by atoms with E-state index in [1.54, 1.807) is 6.07 Å². The third kappa shape index (κ3) is 3.67. The standard InChI is InChI=1S/C24H27N3O2/c1-15-14-27(20-12-24(2,3)13-21(28)22(15)20)17-9-10-18(23(25)29)19(11-17)26-16-7-5-4-6-8-16/h9-11,14,16,26H,5,7-8,12-13H2,1-3H3,(H2,25,29). The zero-order valence-electron chi connectivity index (χ0n) is 17.3. The number of nitrogens with two attached hydrogens (primary N) is 1. The summed E-state index contributed by atoms with van der Waals surface area (Å²) in [6.45, 7) is 6.25. The largest absolute Gasteiger partial charge is 0.381 e. The van der Waals surface area contributed by atoms with E-state index in [-0.39, 0.29) is 17.2 Å². The molecule has 0 radical (unpaired) electrons. The summed E-state index contributed by atoms with van der Waals surface area (Å²) in [6, 6.07) is 5.84. The van der Waals surface area contributed by atoms with Gasteiger partial charge in [-0.1, -0.05) is 13.8 Å². The normalized spacial score (nSPS) is 19.8. The predicted molar refractivity (Wildman–Crippen MR) is 114 cm³/mol. The summed E-state index contributed by atoms with van der Waals surface area (Å²) in [6.07, 6.45) is 5.98. The first-order chi connectivity index (χ1) is 13.7. The molecule has 3 N–H and O–H groups in total. The monoisotopic (exact) mass is 389 g/mol. The molecule has 2 aliphatic carbocycles. The molecule has 1 aromatic carbocycles. The number of aromatic nitrogens is 1. The lowest BCUT2D eigenvalue weighted by atomic mass is 9.75. The Labute approximate surface area is 171 Å². The molecule has 1 unspecified atom stereocenters. The van der Waals surface area contributed by atoms with E-state index in [9.17, 15) is 9.59 Å². The van der Waals surface area contributed by atoms with Crippen LogP contribution in [0.25, 0.3) is 5.69 Å². The molecule has 5 nitrogen and oxygen atoms in total. The molecule has 2 aliphatic rings. The third-order valence-corrected chi connectivity index (χ3v) is 5.86. The van der Waals surface area contributed by atoms with E-state index in [0.717, 1.165) is 53.9 Å². The number of fused-ring (bicyclic) bond motifs is 1. The molecular weight excluding hydrogens is 362 g/mol. The topological polar surface area (TPSA) is 77.1 Å². The van der Waals surface area contributed by atoms with E-state index in [4.69, 9.17) is 5.73 Å². The van der Waals surface area contributed by atoms with Gasteiger partial charge in [0.15, 0.2) is 5.78 Å². The molecule has 150 valence electrons. The number of carbonyl (C=O) groups is 2. The SMILES string of the molecule is Cc1cn(-c2ccc(C(N)=O)c(NC3CC#CCC3)c2)c2c1C(=O)CC(C)(C)C2. The number of benzene rings is 1. The highest BCUT2D eigenvalue weighted by Crippen LogP contribution is 2.38. The van der Waals surface area contributed by atoms with E-state index < -0.39 is 5.91 Å². The fraction of sp³-hybridized carbons (Fsp3) is 0.417. The van der Waals surface area contributed by atoms with Gasteiger partial charge in [0, 0.05) is 54.1 Å². The van der Waals surface area contributed by atoms with Crippen LogP contribution in [-0.2, 0) is 6.42 Å². The summed E-state index contributed by atoms with van der Waals surface area (Å²) in [4.78, 5) is 24.7. The minimum Gasteiger partial charge on any atom is -0.381 e. The van der Waals surface area contributed by atoms with Crippen LogP contribution in [-0.4, -0.2) is 22.3 Å². The number of hydrogen-bond acceptors (Lipinski definition) is 3. The number of primary amides is 1. The Balaban J connectivity index is 1.78. The Bertz CT molecular complexity index is 1070. The van der Waals surface area contributed by atoms with Gasteiger partial charge in [-0.3, -0.25) is 9.59 Å². The Morgan fingerprint density at radius 2 is 2.07 bits per heavy atom. The highest BCUT2D eigenvalue weighted by Gasteiger charge is 2.34. The fourth-order valence-electron chi connectivity index (χ4n) is 4.50. The Morgan fingerprint density at radius 3 is 2.76 bits per heavy atom. The first-order valence-corrected chi connectivity index (χ1v) is 10.2. The van der Waals surface area contributed by atoms with Gasteiger partial charge in [0.1, 0.15) is 0 Å². The lowest BCUT2D eigenvalue weighted by Crippen LogP contribution is -2.28. The van der Waals surface area contributed by atoms with Gasteiger partial charge < -0.3 is 15.6 Å². The van der Waals surface area contributed by atoms with E-state index in [1.165, 1.54) is 0 Å². The number of aryl methyl sites for hydroxylation is 1. The van der Waals surface area contributed by atoms with Crippen molar-refractivity contribution in [3.05, 3.63) is 46.8 Å². The smallest absolute Gasteiger partial charge is 0.250 e. The number of rotatable bonds is 4. The number of amides is 1. The van der Waals surface area contributed by atoms with Gasteiger partial charge in [-0.05, 0) is 48.9 Å². The van der Waals surface area contributed by atoms with Crippen molar-refractivity contribution in [1.82, 2.24) is 4.57 Å². The molecule has 0 saturated heterocycles. The first kappa shape index (κ1) is 19.3. The maximum atomic E-state index is 12.7. The summed E-state index contributed by atoms with van der Waals surface area (Å²) in [7, 11) is 0. The van der Waals surface area contributed by atoms with Crippen LogP contribution in [0.2, 0.25) is 0 Å². The lowest BCUT2D eigenvalue weighted by Gasteiger charge is -2.30. The number of ketones is 1. The van der Waals surface area contributed by atoms with Crippen molar-refractivity contribution in [3.8, 4) is 17.5 Å². The van der Waals surface area contributed by atoms with E-state index in [2.05, 4.69) is 35.6 Å². The zero-order chi connectivity index (χ0) is 20.8. The Morgan fingerprint density at radius 1 is 1.28 bits per heavy atom. The minimum atomic E-state index is -0.456. The molecule has 0 bridgehead atoms. The molecule has 29 heavy (non-hydrogen) atoms. The van der Waals surface area contributed by atoms with Crippen molar-refractivity contribution < 1.29 is 9.59 Å². The second-order valence-corrected chi connectivity index (χ2v) is 8.98. The van der Waals surface area contributed by atoms with E-state index in [1.807, 2.05) is 25.3 Å². The molecule has 0 spiro atoms. The fourth-order valence-corrected chi connectivity index (χ4v) is 4.50. The van der Waals surface area contributed by atoms with E-state index in [0.29, 0.717) is 12.0 Å². The third-order valence-electron chi connectivity index (χ3n) is 5.86. The van der Waals surface area contributed by atoms with Gasteiger partial charge in [-0.15, -0.1) is 11.8 Å². The lowest BCUT2D eigenvalue weighted by molar-refractivity contribution is 0.0909.